The van der Waals surface area contributed by atoms with E-state index in [0.717, 1.165) is 66.9 Å². The summed E-state index contributed by atoms with van der Waals surface area (Å²) in [5.74, 6) is 1.74. The molecule has 39 heavy (non-hydrogen) atoms. The Labute approximate surface area is 231 Å². The molecule has 0 radical (unpaired) electrons. The third-order valence-electron chi connectivity index (χ3n) is 8.80. The number of nitrogens with two attached hydrogens (primary N) is 1. The van der Waals surface area contributed by atoms with Crippen LogP contribution in [0.1, 0.15) is 74.8 Å². The first-order chi connectivity index (χ1) is 19.1. The van der Waals surface area contributed by atoms with Crippen molar-refractivity contribution < 1.29 is 9.53 Å². The molecule has 1 heterocycles. The van der Waals surface area contributed by atoms with E-state index in [-0.39, 0.29) is 12.1 Å². The molecule has 3 aromatic rings. The number of urea groups is 1. The zero-order chi connectivity index (χ0) is 26.8. The van der Waals surface area contributed by atoms with Gasteiger partial charge in [-0.3, -0.25) is 4.90 Å². The number of hydrogen-bond donors (Lipinski definition) is 1. The fourth-order valence-corrected chi connectivity index (χ4v) is 6.62. The van der Waals surface area contributed by atoms with E-state index in [4.69, 9.17) is 15.6 Å². The number of para-hydroxylation sites is 1. The highest BCUT2D eigenvalue weighted by molar-refractivity contribution is 6.13. The van der Waals surface area contributed by atoms with Crippen LogP contribution in [0.4, 0.5) is 21.9 Å². The average Bonchev–Trinajstić information content (AvgIpc) is 3.12. The Morgan fingerprint density at radius 3 is 2.18 bits per heavy atom. The van der Waals surface area contributed by atoms with Crippen LogP contribution in [0.15, 0.2) is 77.9 Å². The lowest BCUT2D eigenvalue weighted by Gasteiger charge is -2.36. The van der Waals surface area contributed by atoms with Gasteiger partial charge in [-0.05, 0) is 92.5 Å². The van der Waals surface area contributed by atoms with Gasteiger partial charge in [0.15, 0.2) is 0 Å². The van der Waals surface area contributed by atoms with Crippen molar-refractivity contribution >= 4 is 28.8 Å². The molecule has 3 aromatic carbocycles. The third-order valence-corrected chi connectivity index (χ3v) is 8.80. The second kappa shape index (κ2) is 11.1. The second-order valence-corrected chi connectivity index (χ2v) is 11.2. The molecule has 6 rings (SSSR count). The lowest BCUT2D eigenvalue weighted by Crippen LogP contribution is -2.44. The van der Waals surface area contributed by atoms with Gasteiger partial charge < -0.3 is 10.5 Å². The SMILES string of the molecule is COc1ccc(C2CCC(N3N=C(C4CCCCC4)c4ccccc4N(c4ccc(N)cc4)C3=O)CC2)cc1. The van der Waals surface area contributed by atoms with Crippen molar-refractivity contribution in [1.29, 1.82) is 0 Å². The molecule has 0 spiro atoms. The molecule has 2 saturated carbocycles. The normalized spacial score (nSPS) is 22.2. The maximum atomic E-state index is 14.4. The van der Waals surface area contributed by atoms with E-state index >= 15 is 0 Å². The molecule has 2 N–H and O–H groups in total. The Morgan fingerprint density at radius 2 is 1.49 bits per heavy atom. The van der Waals surface area contributed by atoms with Crippen molar-refractivity contribution in [1.82, 2.24) is 5.01 Å². The first kappa shape index (κ1) is 25.5. The quantitative estimate of drug-likeness (QED) is 0.347. The lowest BCUT2D eigenvalue weighted by atomic mass is 9.81. The van der Waals surface area contributed by atoms with Crippen LogP contribution in [-0.2, 0) is 0 Å². The number of nitrogens with zero attached hydrogens (tertiary/aromatic N) is 3. The number of hydrogen-bond acceptors (Lipinski definition) is 4. The minimum atomic E-state index is -0.0778. The minimum absolute atomic E-state index is 0.0659. The summed E-state index contributed by atoms with van der Waals surface area (Å²) in [5.41, 5.74) is 11.9. The van der Waals surface area contributed by atoms with Gasteiger partial charge in [0.1, 0.15) is 5.75 Å². The fourth-order valence-electron chi connectivity index (χ4n) is 6.62. The molecular formula is C33H38N4O2. The molecule has 3 aliphatic rings. The van der Waals surface area contributed by atoms with Gasteiger partial charge in [0.25, 0.3) is 0 Å². The smallest absolute Gasteiger partial charge is 0.349 e. The summed E-state index contributed by atoms with van der Waals surface area (Å²) in [4.78, 5) is 16.3. The van der Waals surface area contributed by atoms with E-state index in [1.165, 1.54) is 24.8 Å². The number of carbonyl (C=O) groups excluding carboxylic acids is 1. The summed E-state index contributed by atoms with van der Waals surface area (Å²) in [6, 6.07) is 24.3. The maximum absolute atomic E-state index is 14.4. The van der Waals surface area contributed by atoms with Crippen LogP contribution in [0.25, 0.3) is 0 Å². The molecule has 6 nitrogen and oxygen atoms in total. The van der Waals surface area contributed by atoms with E-state index in [2.05, 4.69) is 30.3 Å². The van der Waals surface area contributed by atoms with E-state index < -0.39 is 0 Å². The highest BCUT2D eigenvalue weighted by atomic mass is 16.5. The predicted molar refractivity (Wildman–Crippen MR) is 158 cm³/mol. The number of methoxy groups -OCH3 is 1. The third kappa shape index (κ3) is 5.12. The molecular weight excluding hydrogens is 484 g/mol. The summed E-state index contributed by atoms with van der Waals surface area (Å²) in [5, 5.41) is 7.11. The molecule has 0 bridgehead atoms. The Balaban J connectivity index is 1.35. The van der Waals surface area contributed by atoms with Crippen molar-refractivity contribution in [3.8, 4) is 5.75 Å². The van der Waals surface area contributed by atoms with Gasteiger partial charge in [0.2, 0.25) is 0 Å². The van der Waals surface area contributed by atoms with E-state index in [1.54, 1.807) is 7.11 Å². The number of nitrogen functional groups attached to an aromatic ring is 1. The Kier molecular flexibility index (Phi) is 7.27. The first-order valence-corrected chi connectivity index (χ1v) is 14.4. The largest absolute Gasteiger partial charge is 0.497 e. The number of carbonyl (C=O) groups is 1. The Morgan fingerprint density at radius 1 is 0.795 bits per heavy atom. The fraction of sp³-hybridized carbons (Fsp3) is 0.394. The second-order valence-electron chi connectivity index (χ2n) is 11.2. The topological polar surface area (TPSA) is 71.2 Å². The van der Waals surface area contributed by atoms with Crippen molar-refractivity contribution in [3.63, 3.8) is 0 Å². The van der Waals surface area contributed by atoms with E-state index in [1.807, 2.05) is 52.4 Å². The maximum Gasteiger partial charge on any atom is 0.349 e. The van der Waals surface area contributed by atoms with Crippen LogP contribution < -0.4 is 15.4 Å². The average molecular weight is 523 g/mol. The molecule has 6 heteroatoms. The number of benzene rings is 3. The molecule has 1 aliphatic heterocycles. The highest BCUT2D eigenvalue weighted by Gasteiger charge is 2.38. The van der Waals surface area contributed by atoms with Crippen molar-refractivity contribution in [2.45, 2.75) is 69.7 Å². The zero-order valence-corrected chi connectivity index (χ0v) is 22.8. The van der Waals surface area contributed by atoms with Crippen molar-refractivity contribution in [3.05, 3.63) is 83.9 Å². The summed E-state index contributed by atoms with van der Waals surface area (Å²) < 4.78 is 5.35. The molecule has 202 valence electrons. The first-order valence-electron chi connectivity index (χ1n) is 14.4. The molecule has 2 fully saturated rings. The number of ether oxygens (including phenoxy) is 1. The standard InChI is InChI=1S/C33H38N4O2/c1-39-29-21-13-24(14-22-29)23-11-17-28(18-12-23)37-33(38)36(27-19-15-26(34)16-20-27)31-10-6-5-9-30(31)32(35-37)25-7-3-2-4-8-25/h5-6,9-10,13-16,19-23,25,28H,2-4,7-8,11-12,17-18,34H2,1H3. The summed E-state index contributed by atoms with van der Waals surface area (Å²) in [6.07, 6.45) is 9.88. The van der Waals surface area contributed by atoms with Gasteiger partial charge >= 0.3 is 6.03 Å². The van der Waals surface area contributed by atoms with Gasteiger partial charge in [0, 0.05) is 17.2 Å². The van der Waals surface area contributed by atoms with Crippen LogP contribution in [0.5, 0.6) is 5.75 Å². The van der Waals surface area contributed by atoms with E-state index in [9.17, 15) is 4.79 Å². The summed E-state index contributed by atoms with van der Waals surface area (Å²) in [6.45, 7) is 0. The number of fused-ring (bicyclic) bond motifs is 1. The lowest BCUT2D eigenvalue weighted by molar-refractivity contribution is 0.162. The molecule has 0 atom stereocenters. The van der Waals surface area contributed by atoms with Gasteiger partial charge in [-0.2, -0.15) is 5.10 Å². The van der Waals surface area contributed by atoms with Crippen LogP contribution in [-0.4, -0.2) is 29.9 Å². The zero-order valence-electron chi connectivity index (χ0n) is 22.8. The predicted octanol–water partition coefficient (Wildman–Crippen LogP) is 7.86. The van der Waals surface area contributed by atoms with Gasteiger partial charge in [0.05, 0.1) is 30.2 Å². The number of amides is 2. The van der Waals surface area contributed by atoms with Crippen LogP contribution in [0.3, 0.4) is 0 Å². The monoisotopic (exact) mass is 522 g/mol. The van der Waals surface area contributed by atoms with Crippen molar-refractivity contribution in [2.24, 2.45) is 11.0 Å². The summed E-state index contributed by atoms with van der Waals surface area (Å²) in [7, 11) is 1.70. The highest BCUT2D eigenvalue weighted by Crippen LogP contribution is 2.41. The molecule has 0 saturated heterocycles. The van der Waals surface area contributed by atoms with Crippen LogP contribution >= 0.6 is 0 Å². The molecule has 0 aromatic heterocycles. The number of hydrazone groups is 1. The Bertz CT molecular complexity index is 1320. The van der Waals surface area contributed by atoms with Crippen LogP contribution in [0.2, 0.25) is 0 Å². The number of anilines is 3. The van der Waals surface area contributed by atoms with Gasteiger partial charge in [-0.25, -0.2) is 9.80 Å². The minimum Gasteiger partial charge on any atom is -0.497 e. The van der Waals surface area contributed by atoms with Crippen LogP contribution in [0, 0.1) is 5.92 Å². The molecule has 2 amide bonds. The number of rotatable bonds is 5. The molecule has 0 unspecified atom stereocenters. The van der Waals surface area contributed by atoms with E-state index in [0.29, 0.717) is 17.5 Å². The molecule has 2 aliphatic carbocycles. The van der Waals surface area contributed by atoms with Gasteiger partial charge in [-0.15, -0.1) is 0 Å². The summed E-state index contributed by atoms with van der Waals surface area (Å²) >= 11 is 0. The van der Waals surface area contributed by atoms with Gasteiger partial charge in [-0.1, -0.05) is 49.6 Å². The van der Waals surface area contributed by atoms with Crippen molar-refractivity contribution in [2.75, 3.05) is 17.7 Å². The Hall–Kier alpha value is -3.80.